The van der Waals surface area contributed by atoms with Gasteiger partial charge in [-0.25, -0.2) is 0 Å². The van der Waals surface area contributed by atoms with Crippen LogP contribution >= 0.6 is 0 Å². The first-order valence-corrected chi connectivity index (χ1v) is 7.41. The second kappa shape index (κ2) is 15.9. The molecule has 2 fully saturated rings. The number of nitrogens with one attached hydrogen (secondary N) is 2. The van der Waals surface area contributed by atoms with E-state index in [9.17, 15) is 0 Å². The second-order valence-corrected chi connectivity index (χ2v) is 4.07. The summed E-state index contributed by atoms with van der Waals surface area (Å²) in [7, 11) is 2.17. The average Bonchev–Trinajstić information content (AvgIpc) is 2.87. The predicted molar refractivity (Wildman–Crippen MR) is 79.8 cm³/mol. The van der Waals surface area contributed by atoms with Gasteiger partial charge in [0.15, 0.2) is 0 Å². The van der Waals surface area contributed by atoms with Gasteiger partial charge in [-0.2, -0.15) is 0 Å². The molecule has 1 unspecified atom stereocenters. The Morgan fingerprint density at radius 3 is 1.65 bits per heavy atom. The summed E-state index contributed by atoms with van der Waals surface area (Å²) >= 11 is 0. The van der Waals surface area contributed by atoms with Crippen molar-refractivity contribution in [2.45, 2.75) is 53.5 Å². The zero-order chi connectivity index (χ0) is 13.5. The van der Waals surface area contributed by atoms with E-state index < -0.39 is 0 Å². The van der Waals surface area contributed by atoms with Crippen LogP contribution in [0.25, 0.3) is 0 Å². The van der Waals surface area contributed by atoms with Gasteiger partial charge in [-0.15, -0.1) is 0 Å². The summed E-state index contributed by atoms with van der Waals surface area (Å²) in [5.74, 6) is 0. The van der Waals surface area contributed by atoms with Gasteiger partial charge in [0.1, 0.15) is 0 Å². The summed E-state index contributed by atoms with van der Waals surface area (Å²) in [6, 6.07) is 0.675. The van der Waals surface area contributed by atoms with Crippen molar-refractivity contribution < 1.29 is 0 Å². The molecule has 3 heteroatoms. The van der Waals surface area contributed by atoms with E-state index in [1.54, 1.807) is 0 Å². The number of nitrogens with zero attached hydrogens (tertiary/aromatic N) is 1. The van der Waals surface area contributed by atoms with Gasteiger partial charge >= 0.3 is 0 Å². The Hall–Kier alpha value is -0.120. The highest BCUT2D eigenvalue weighted by atomic mass is 15.1. The molecule has 0 aromatic carbocycles. The first kappa shape index (κ1) is 19.2. The molecule has 2 N–H and O–H groups in total. The first-order chi connectivity index (χ1) is 8.29. The van der Waals surface area contributed by atoms with Crippen molar-refractivity contribution in [1.82, 2.24) is 15.5 Å². The number of hydrogen-bond donors (Lipinski definition) is 2. The second-order valence-electron chi connectivity index (χ2n) is 4.07. The van der Waals surface area contributed by atoms with Gasteiger partial charge in [0.2, 0.25) is 0 Å². The van der Waals surface area contributed by atoms with Gasteiger partial charge in [0.25, 0.3) is 0 Å². The molecule has 2 aliphatic heterocycles. The van der Waals surface area contributed by atoms with Crippen molar-refractivity contribution in [3.63, 3.8) is 0 Å². The van der Waals surface area contributed by atoms with Crippen LogP contribution in [-0.4, -0.2) is 50.7 Å². The van der Waals surface area contributed by atoms with Crippen molar-refractivity contribution in [3.05, 3.63) is 0 Å². The van der Waals surface area contributed by atoms with Crippen molar-refractivity contribution in [3.8, 4) is 0 Å². The molecule has 0 saturated carbocycles. The predicted octanol–water partition coefficient (Wildman–Crippen LogP) is 2.33. The minimum Gasteiger partial charge on any atom is -0.314 e. The lowest BCUT2D eigenvalue weighted by atomic mass is 10.3. The van der Waals surface area contributed by atoms with E-state index in [1.807, 2.05) is 27.7 Å². The molecule has 17 heavy (non-hydrogen) atoms. The zero-order valence-corrected chi connectivity index (χ0v) is 13.0. The molecule has 0 amide bonds. The van der Waals surface area contributed by atoms with E-state index in [-0.39, 0.29) is 0 Å². The van der Waals surface area contributed by atoms with Crippen LogP contribution in [-0.2, 0) is 0 Å². The third-order valence-corrected chi connectivity index (χ3v) is 2.57. The van der Waals surface area contributed by atoms with E-state index >= 15 is 0 Å². The fourth-order valence-corrected chi connectivity index (χ4v) is 1.67. The van der Waals surface area contributed by atoms with Crippen LogP contribution in [0.2, 0.25) is 0 Å². The molecule has 2 saturated heterocycles. The van der Waals surface area contributed by atoms with E-state index in [2.05, 4.69) is 29.5 Å². The topological polar surface area (TPSA) is 27.3 Å². The van der Waals surface area contributed by atoms with Gasteiger partial charge in [-0.3, -0.25) is 0 Å². The van der Waals surface area contributed by atoms with Crippen molar-refractivity contribution in [2.75, 3.05) is 39.8 Å². The summed E-state index contributed by atoms with van der Waals surface area (Å²) in [6.45, 7) is 16.2. The third kappa shape index (κ3) is 13.8. The zero-order valence-electron chi connectivity index (χ0n) is 13.0. The third-order valence-electron chi connectivity index (χ3n) is 2.57. The maximum atomic E-state index is 3.32. The van der Waals surface area contributed by atoms with Crippen molar-refractivity contribution >= 4 is 0 Å². The Labute approximate surface area is 109 Å². The molecule has 0 aromatic heterocycles. The van der Waals surface area contributed by atoms with Gasteiger partial charge in [-0.1, -0.05) is 27.7 Å². The van der Waals surface area contributed by atoms with Gasteiger partial charge in [0, 0.05) is 25.7 Å². The quantitative estimate of drug-likeness (QED) is 0.686. The standard InChI is InChI=1S/C5H12N2.C5H11N.2C2H6/c1-5-4-6-2-3-7-5;1-6-4-2-3-5-6;2*1-2/h5-7H,2-4H2,1H3;2-5H2,1H3;2*1-2H3. The van der Waals surface area contributed by atoms with Gasteiger partial charge < -0.3 is 15.5 Å². The lowest BCUT2D eigenvalue weighted by Crippen LogP contribution is -2.46. The minimum atomic E-state index is 0.675. The highest BCUT2D eigenvalue weighted by molar-refractivity contribution is 4.69. The molecule has 3 nitrogen and oxygen atoms in total. The Bertz CT molecular complexity index is 117. The Morgan fingerprint density at radius 2 is 1.47 bits per heavy atom. The molecule has 0 aromatic rings. The smallest absolute Gasteiger partial charge is 0.0164 e. The fraction of sp³-hybridized carbons (Fsp3) is 1.00. The highest BCUT2D eigenvalue weighted by Gasteiger charge is 2.03. The fourth-order valence-electron chi connectivity index (χ4n) is 1.67. The summed E-state index contributed by atoms with van der Waals surface area (Å²) in [5, 5.41) is 6.59. The van der Waals surface area contributed by atoms with E-state index in [0.717, 1.165) is 19.6 Å². The van der Waals surface area contributed by atoms with E-state index in [0.29, 0.717) is 6.04 Å². The van der Waals surface area contributed by atoms with Crippen LogP contribution in [0.3, 0.4) is 0 Å². The summed E-state index contributed by atoms with van der Waals surface area (Å²) in [5.41, 5.74) is 0. The van der Waals surface area contributed by atoms with E-state index in [4.69, 9.17) is 0 Å². The van der Waals surface area contributed by atoms with E-state index in [1.165, 1.54) is 25.9 Å². The van der Waals surface area contributed by atoms with Crippen LogP contribution in [0.15, 0.2) is 0 Å². The SMILES string of the molecule is CC.CC.CC1CNCCN1.CN1CCCC1. The monoisotopic (exact) mass is 245 g/mol. The molecule has 1 atom stereocenters. The van der Waals surface area contributed by atoms with Crippen LogP contribution in [0.4, 0.5) is 0 Å². The van der Waals surface area contributed by atoms with Crippen LogP contribution < -0.4 is 10.6 Å². The minimum absolute atomic E-state index is 0.675. The van der Waals surface area contributed by atoms with Crippen molar-refractivity contribution in [1.29, 1.82) is 0 Å². The molecule has 106 valence electrons. The number of rotatable bonds is 0. The summed E-state index contributed by atoms with van der Waals surface area (Å²) < 4.78 is 0. The Kier molecular flexibility index (Phi) is 18.0. The van der Waals surface area contributed by atoms with Crippen LogP contribution in [0.5, 0.6) is 0 Å². The lowest BCUT2D eigenvalue weighted by Gasteiger charge is -2.19. The van der Waals surface area contributed by atoms with Crippen LogP contribution in [0, 0.1) is 0 Å². The molecule has 0 radical (unpaired) electrons. The Balaban J connectivity index is 0. The molecule has 0 aliphatic carbocycles. The largest absolute Gasteiger partial charge is 0.314 e. The molecule has 2 rings (SSSR count). The first-order valence-electron chi connectivity index (χ1n) is 7.41. The molecule has 2 heterocycles. The molecular formula is C14H35N3. The van der Waals surface area contributed by atoms with Gasteiger partial charge in [-0.05, 0) is 39.9 Å². The average molecular weight is 245 g/mol. The highest BCUT2D eigenvalue weighted by Crippen LogP contribution is 2.02. The number of piperazine rings is 1. The number of likely N-dealkylation sites (tertiary alicyclic amines) is 1. The molecule has 0 bridgehead atoms. The number of hydrogen-bond acceptors (Lipinski definition) is 3. The maximum Gasteiger partial charge on any atom is 0.0164 e. The van der Waals surface area contributed by atoms with Crippen molar-refractivity contribution in [2.24, 2.45) is 0 Å². The lowest BCUT2D eigenvalue weighted by molar-refractivity contribution is 0.418. The Morgan fingerprint density at radius 1 is 0.941 bits per heavy atom. The summed E-state index contributed by atoms with van der Waals surface area (Å²) in [4.78, 5) is 2.36. The summed E-state index contributed by atoms with van der Waals surface area (Å²) in [6.07, 6.45) is 2.83. The maximum absolute atomic E-state index is 3.32. The molecule has 0 spiro atoms. The normalized spacial score (nSPS) is 23.3. The van der Waals surface area contributed by atoms with Crippen LogP contribution in [0.1, 0.15) is 47.5 Å². The molecular weight excluding hydrogens is 210 g/mol. The molecule has 2 aliphatic rings. The van der Waals surface area contributed by atoms with Gasteiger partial charge in [0.05, 0.1) is 0 Å².